The van der Waals surface area contributed by atoms with Crippen molar-refractivity contribution in [2.45, 2.75) is 4.90 Å². The molecule has 0 fully saturated rings. The van der Waals surface area contributed by atoms with Gasteiger partial charge in [-0.05, 0) is 60.2 Å². The Hall–Kier alpha value is -3.49. The van der Waals surface area contributed by atoms with Crippen molar-refractivity contribution in [1.29, 1.82) is 0 Å². The number of amides is 1. The molecule has 0 aliphatic rings. The second kappa shape index (κ2) is 8.89. The van der Waals surface area contributed by atoms with Gasteiger partial charge in [-0.2, -0.15) is 0 Å². The first kappa shape index (κ1) is 21.2. The zero-order valence-electron chi connectivity index (χ0n) is 15.4. The van der Waals surface area contributed by atoms with Crippen LogP contribution in [0.5, 0.6) is 11.5 Å². The van der Waals surface area contributed by atoms with Gasteiger partial charge in [0.05, 0.1) is 16.3 Å². The second-order valence-electron chi connectivity index (χ2n) is 6.21. The lowest BCUT2D eigenvalue weighted by atomic mass is 10.2. The zero-order valence-corrected chi connectivity index (χ0v) is 17.0. The topological polar surface area (TPSA) is 116 Å². The number of halogens is 1. The average molecular weight is 445 g/mol. The minimum atomic E-state index is -3.98. The molecule has 0 aliphatic heterocycles. The minimum absolute atomic E-state index is 0.0654. The van der Waals surface area contributed by atoms with Gasteiger partial charge in [-0.3, -0.25) is 9.52 Å². The number of sulfonamides is 1. The van der Waals surface area contributed by atoms with Gasteiger partial charge in [-0.1, -0.05) is 29.8 Å². The van der Waals surface area contributed by atoms with Gasteiger partial charge in [0.2, 0.25) is 5.91 Å². The Morgan fingerprint density at radius 3 is 2.40 bits per heavy atom. The lowest BCUT2D eigenvalue weighted by Gasteiger charge is -2.11. The highest BCUT2D eigenvalue weighted by molar-refractivity contribution is 7.92. The van der Waals surface area contributed by atoms with Crippen LogP contribution in [0.2, 0.25) is 5.02 Å². The predicted octanol–water partition coefficient (Wildman–Crippen LogP) is 4.20. The monoisotopic (exact) mass is 444 g/mol. The Balaban J connectivity index is 1.77. The highest BCUT2D eigenvalue weighted by Gasteiger charge is 2.17. The lowest BCUT2D eigenvalue weighted by Crippen LogP contribution is -2.14. The molecule has 9 heteroatoms. The molecule has 0 heterocycles. The van der Waals surface area contributed by atoms with Crippen LogP contribution in [-0.4, -0.2) is 24.5 Å². The first-order chi connectivity index (χ1) is 14.2. The van der Waals surface area contributed by atoms with E-state index in [9.17, 15) is 23.4 Å². The van der Waals surface area contributed by atoms with Crippen molar-refractivity contribution >= 4 is 45.0 Å². The molecule has 3 aromatic rings. The molecule has 3 aromatic carbocycles. The number of aromatic hydroxyl groups is 2. The number of hydrogen-bond acceptors (Lipinski definition) is 5. The summed E-state index contributed by atoms with van der Waals surface area (Å²) in [5.41, 5.74) is 0.886. The fraction of sp³-hybridized carbons (Fsp3) is 0. The Kier molecular flexibility index (Phi) is 6.29. The summed E-state index contributed by atoms with van der Waals surface area (Å²) < 4.78 is 27.6. The molecule has 154 valence electrons. The molecular weight excluding hydrogens is 428 g/mol. The Labute approximate surface area is 178 Å². The maximum Gasteiger partial charge on any atom is 0.261 e. The Bertz CT molecular complexity index is 1210. The molecule has 0 bridgehead atoms. The lowest BCUT2D eigenvalue weighted by molar-refractivity contribution is -0.111. The van der Waals surface area contributed by atoms with E-state index in [1.807, 2.05) is 0 Å². The van der Waals surface area contributed by atoms with Crippen LogP contribution < -0.4 is 10.0 Å². The summed E-state index contributed by atoms with van der Waals surface area (Å²) in [6, 6.07) is 15.9. The molecular formula is C21H17ClN2O5S. The van der Waals surface area contributed by atoms with Gasteiger partial charge in [0, 0.05) is 11.1 Å². The fourth-order valence-electron chi connectivity index (χ4n) is 2.48. The smallest absolute Gasteiger partial charge is 0.261 e. The quantitative estimate of drug-likeness (QED) is 0.336. The molecule has 0 saturated heterocycles. The highest BCUT2D eigenvalue weighted by atomic mass is 35.5. The summed E-state index contributed by atoms with van der Waals surface area (Å²) in [4.78, 5) is 12.0. The molecule has 0 aliphatic carbocycles. The molecule has 3 rings (SSSR count). The highest BCUT2D eigenvalue weighted by Crippen LogP contribution is 2.28. The van der Waals surface area contributed by atoms with Gasteiger partial charge >= 0.3 is 0 Å². The van der Waals surface area contributed by atoms with E-state index in [0.717, 1.165) is 6.07 Å². The van der Waals surface area contributed by atoms with Gasteiger partial charge in [-0.15, -0.1) is 0 Å². The van der Waals surface area contributed by atoms with Crippen molar-refractivity contribution in [3.8, 4) is 11.5 Å². The number of carbonyl (C=O) groups is 1. The van der Waals surface area contributed by atoms with E-state index in [2.05, 4.69) is 10.0 Å². The predicted molar refractivity (Wildman–Crippen MR) is 116 cm³/mol. The average Bonchev–Trinajstić information content (AvgIpc) is 2.69. The third kappa shape index (κ3) is 5.53. The maximum absolute atomic E-state index is 12.6. The first-order valence-corrected chi connectivity index (χ1v) is 10.5. The molecule has 0 spiro atoms. The van der Waals surface area contributed by atoms with Crippen molar-refractivity contribution in [2.75, 3.05) is 10.0 Å². The minimum Gasteiger partial charge on any atom is -0.508 e. The van der Waals surface area contributed by atoms with E-state index in [1.165, 1.54) is 42.5 Å². The van der Waals surface area contributed by atoms with Crippen molar-refractivity contribution in [3.05, 3.63) is 83.4 Å². The second-order valence-corrected chi connectivity index (χ2v) is 8.33. The maximum atomic E-state index is 12.6. The molecule has 0 radical (unpaired) electrons. The summed E-state index contributed by atoms with van der Waals surface area (Å²) in [5.74, 6) is -0.759. The molecule has 4 N–H and O–H groups in total. The molecule has 0 unspecified atom stereocenters. The van der Waals surface area contributed by atoms with Gasteiger partial charge in [-0.25, -0.2) is 8.42 Å². The molecule has 7 nitrogen and oxygen atoms in total. The SMILES string of the molecule is O=C(/C=C/c1ccc(O)cc1)Nc1cc(S(=O)(=O)Nc2cccc(Cl)c2)ccc1O. The van der Waals surface area contributed by atoms with Crippen molar-refractivity contribution in [3.63, 3.8) is 0 Å². The fourth-order valence-corrected chi connectivity index (χ4v) is 3.75. The van der Waals surface area contributed by atoms with Crippen LogP contribution in [0.1, 0.15) is 5.56 Å². The van der Waals surface area contributed by atoms with E-state index >= 15 is 0 Å². The Morgan fingerprint density at radius 1 is 0.967 bits per heavy atom. The van der Waals surface area contributed by atoms with Crippen molar-refractivity contribution < 1.29 is 23.4 Å². The summed E-state index contributed by atoms with van der Waals surface area (Å²) in [7, 11) is -3.98. The van der Waals surface area contributed by atoms with Gasteiger partial charge in [0.25, 0.3) is 10.0 Å². The van der Waals surface area contributed by atoms with E-state index in [1.54, 1.807) is 30.3 Å². The molecule has 0 atom stereocenters. The van der Waals surface area contributed by atoms with Crippen LogP contribution in [0.4, 0.5) is 11.4 Å². The van der Waals surface area contributed by atoms with Crippen molar-refractivity contribution in [2.24, 2.45) is 0 Å². The third-order valence-electron chi connectivity index (χ3n) is 3.93. The number of phenols is 2. The normalized spacial score (nSPS) is 11.4. The standard InChI is InChI=1S/C21H17ClN2O5S/c22-15-2-1-3-16(12-15)24-30(28,29)18-9-10-20(26)19(13-18)23-21(27)11-6-14-4-7-17(25)8-5-14/h1-13,24-26H,(H,23,27)/b11-6+. The third-order valence-corrected chi connectivity index (χ3v) is 5.55. The number of hydrogen-bond donors (Lipinski definition) is 4. The van der Waals surface area contributed by atoms with Gasteiger partial charge < -0.3 is 15.5 Å². The van der Waals surface area contributed by atoms with E-state index in [0.29, 0.717) is 10.6 Å². The van der Waals surface area contributed by atoms with Crippen LogP contribution in [-0.2, 0) is 14.8 Å². The van der Waals surface area contributed by atoms with Crippen molar-refractivity contribution in [1.82, 2.24) is 0 Å². The van der Waals surface area contributed by atoms with E-state index < -0.39 is 15.9 Å². The number of carbonyl (C=O) groups excluding carboxylic acids is 1. The van der Waals surface area contributed by atoms with Gasteiger partial charge in [0.15, 0.2) is 0 Å². The molecule has 1 amide bonds. The number of phenolic OH excluding ortho intramolecular Hbond substituents is 2. The van der Waals surface area contributed by atoms with Crippen LogP contribution in [0, 0.1) is 0 Å². The van der Waals surface area contributed by atoms with E-state index in [4.69, 9.17) is 11.6 Å². The van der Waals surface area contributed by atoms with E-state index in [-0.39, 0.29) is 27.8 Å². The van der Waals surface area contributed by atoms with Crippen LogP contribution >= 0.6 is 11.6 Å². The summed E-state index contributed by atoms with van der Waals surface area (Å²) in [6.45, 7) is 0. The number of nitrogens with one attached hydrogen (secondary N) is 2. The summed E-state index contributed by atoms with van der Waals surface area (Å²) in [6.07, 6.45) is 2.73. The molecule has 30 heavy (non-hydrogen) atoms. The zero-order chi connectivity index (χ0) is 21.7. The van der Waals surface area contributed by atoms with Crippen LogP contribution in [0.15, 0.2) is 77.7 Å². The van der Waals surface area contributed by atoms with Gasteiger partial charge in [0.1, 0.15) is 11.5 Å². The van der Waals surface area contributed by atoms with Crippen LogP contribution in [0.3, 0.4) is 0 Å². The van der Waals surface area contributed by atoms with Crippen LogP contribution in [0.25, 0.3) is 6.08 Å². The molecule has 0 aromatic heterocycles. The first-order valence-electron chi connectivity index (χ1n) is 8.62. The number of anilines is 2. The Morgan fingerprint density at radius 2 is 1.70 bits per heavy atom. The summed E-state index contributed by atoms with van der Waals surface area (Å²) in [5, 5.41) is 22.1. The summed E-state index contributed by atoms with van der Waals surface area (Å²) >= 11 is 5.87. The largest absolute Gasteiger partial charge is 0.508 e. The number of rotatable bonds is 6. The number of benzene rings is 3. The molecule has 0 saturated carbocycles.